The van der Waals surface area contributed by atoms with Gasteiger partial charge >= 0.3 is 0 Å². The Kier molecular flexibility index (Phi) is 6.14. The minimum absolute atomic E-state index is 0.0146. The van der Waals surface area contributed by atoms with Crippen molar-refractivity contribution in [2.24, 2.45) is 0 Å². The summed E-state index contributed by atoms with van der Waals surface area (Å²) in [6, 6.07) is 15.4. The molecule has 0 saturated carbocycles. The van der Waals surface area contributed by atoms with Gasteiger partial charge in [-0.15, -0.1) is 0 Å². The lowest BCUT2D eigenvalue weighted by atomic mass is 10.3. The minimum atomic E-state index is -3.61. The molecule has 6 nitrogen and oxygen atoms in total. The number of amides is 1. The molecule has 0 atom stereocenters. The van der Waals surface area contributed by atoms with E-state index in [4.69, 9.17) is 0 Å². The summed E-state index contributed by atoms with van der Waals surface area (Å²) < 4.78 is 27.2. The molecule has 0 saturated heterocycles. The van der Waals surface area contributed by atoms with Crippen molar-refractivity contribution in [3.63, 3.8) is 0 Å². The number of hydrogen-bond acceptors (Lipinski definition) is 4. The number of rotatable bonds is 7. The van der Waals surface area contributed by atoms with Crippen molar-refractivity contribution in [2.45, 2.75) is 11.3 Å². The van der Waals surface area contributed by atoms with Crippen LogP contribution in [0.1, 0.15) is 6.42 Å². The van der Waals surface area contributed by atoms with Gasteiger partial charge in [-0.3, -0.25) is 15.6 Å². The Morgan fingerprint density at radius 1 is 1.00 bits per heavy atom. The second-order valence-electron chi connectivity index (χ2n) is 4.64. The van der Waals surface area contributed by atoms with E-state index in [1.54, 1.807) is 24.3 Å². The van der Waals surface area contributed by atoms with Crippen molar-refractivity contribution in [1.29, 1.82) is 0 Å². The van der Waals surface area contributed by atoms with E-state index in [9.17, 15) is 13.2 Å². The van der Waals surface area contributed by atoms with Gasteiger partial charge in [-0.1, -0.05) is 34.1 Å². The van der Waals surface area contributed by atoms with Crippen LogP contribution in [0.15, 0.2) is 64.0 Å². The first-order chi connectivity index (χ1) is 11.0. The van der Waals surface area contributed by atoms with E-state index in [2.05, 4.69) is 31.5 Å². The first kappa shape index (κ1) is 17.5. The number of carbonyl (C=O) groups excluding carboxylic acids is 1. The molecular weight excluding hydrogens is 382 g/mol. The fraction of sp³-hybridized carbons (Fsp3) is 0.133. The van der Waals surface area contributed by atoms with Gasteiger partial charge in [0, 0.05) is 17.4 Å². The van der Waals surface area contributed by atoms with E-state index in [-0.39, 0.29) is 23.8 Å². The van der Waals surface area contributed by atoms with E-state index in [1.807, 2.05) is 18.2 Å². The molecule has 2 rings (SSSR count). The van der Waals surface area contributed by atoms with E-state index >= 15 is 0 Å². The van der Waals surface area contributed by atoms with Crippen LogP contribution < -0.4 is 15.6 Å². The number of sulfonamides is 1. The van der Waals surface area contributed by atoms with Gasteiger partial charge < -0.3 is 0 Å². The maximum Gasteiger partial charge on any atom is 0.240 e. The predicted octanol–water partition coefficient (Wildman–Crippen LogP) is 2.26. The van der Waals surface area contributed by atoms with Crippen LogP contribution in [0.5, 0.6) is 0 Å². The second kappa shape index (κ2) is 8.09. The molecule has 0 radical (unpaired) electrons. The molecule has 0 aliphatic rings. The maximum absolute atomic E-state index is 12.0. The largest absolute Gasteiger partial charge is 0.299 e. The highest BCUT2D eigenvalue weighted by atomic mass is 79.9. The number of carbonyl (C=O) groups is 1. The van der Waals surface area contributed by atoms with Crippen molar-refractivity contribution in [3.05, 3.63) is 59.1 Å². The molecule has 0 unspecified atom stereocenters. The Labute approximate surface area is 143 Å². The van der Waals surface area contributed by atoms with E-state index in [0.717, 1.165) is 10.2 Å². The molecule has 3 N–H and O–H groups in total. The number of hydrogen-bond donors (Lipinski definition) is 3. The third kappa shape index (κ3) is 5.66. The van der Waals surface area contributed by atoms with Crippen LogP contribution in [0.2, 0.25) is 0 Å². The quantitative estimate of drug-likeness (QED) is 0.625. The Morgan fingerprint density at radius 2 is 1.65 bits per heavy atom. The van der Waals surface area contributed by atoms with Gasteiger partial charge in [-0.25, -0.2) is 13.1 Å². The lowest BCUT2D eigenvalue weighted by Gasteiger charge is -2.09. The fourth-order valence-corrected chi connectivity index (χ4v) is 3.02. The number of para-hydroxylation sites is 1. The Hall–Kier alpha value is -1.90. The number of benzene rings is 2. The first-order valence-electron chi connectivity index (χ1n) is 6.82. The van der Waals surface area contributed by atoms with Crippen molar-refractivity contribution in [3.8, 4) is 0 Å². The number of nitrogens with one attached hydrogen (secondary N) is 3. The molecular formula is C15H16BrN3O3S. The van der Waals surface area contributed by atoms with Crippen molar-refractivity contribution >= 4 is 37.5 Å². The van der Waals surface area contributed by atoms with Gasteiger partial charge in [0.1, 0.15) is 0 Å². The van der Waals surface area contributed by atoms with Gasteiger partial charge in [-0.2, -0.15) is 0 Å². The monoisotopic (exact) mass is 397 g/mol. The number of anilines is 1. The molecule has 0 bridgehead atoms. The summed E-state index contributed by atoms with van der Waals surface area (Å²) in [4.78, 5) is 11.8. The summed E-state index contributed by atoms with van der Waals surface area (Å²) in [7, 11) is -3.61. The van der Waals surface area contributed by atoms with E-state index in [0.29, 0.717) is 0 Å². The van der Waals surface area contributed by atoms with Gasteiger partial charge in [-0.05, 0) is 36.4 Å². The topological polar surface area (TPSA) is 87.3 Å². The highest BCUT2D eigenvalue weighted by Crippen LogP contribution is 2.14. The normalized spacial score (nSPS) is 11.0. The van der Waals surface area contributed by atoms with Crippen LogP contribution in [0, 0.1) is 0 Å². The molecule has 0 aromatic heterocycles. The third-order valence-electron chi connectivity index (χ3n) is 2.89. The van der Waals surface area contributed by atoms with Crippen LogP contribution in [0.3, 0.4) is 0 Å². The summed E-state index contributed by atoms with van der Waals surface area (Å²) in [6.07, 6.45) is 0.0234. The van der Waals surface area contributed by atoms with Crippen LogP contribution in [-0.4, -0.2) is 20.9 Å². The molecule has 0 fully saturated rings. The number of halogens is 1. The van der Waals surface area contributed by atoms with Gasteiger partial charge in [0.05, 0.1) is 10.6 Å². The van der Waals surface area contributed by atoms with Gasteiger partial charge in [0.15, 0.2) is 0 Å². The van der Waals surface area contributed by atoms with Crippen LogP contribution in [0.25, 0.3) is 0 Å². The molecule has 2 aromatic carbocycles. The van der Waals surface area contributed by atoms with Crippen molar-refractivity contribution in [1.82, 2.24) is 10.1 Å². The maximum atomic E-state index is 12.0. The molecule has 0 heterocycles. The standard InChI is InChI=1S/C15H16BrN3O3S/c16-12-6-8-14(9-7-12)23(21,22)17-11-10-15(20)19-18-13-4-2-1-3-5-13/h1-9,17-18H,10-11H2,(H,19,20). The molecule has 1 amide bonds. The zero-order valence-electron chi connectivity index (χ0n) is 12.1. The molecule has 0 aliphatic carbocycles. The zero-order valence-corrected chi connectivity index (χ0v) is 14.5. The lowest BCUT2D eigenvalue weighted by molar-refractivity contribution is -0.120. The summed E-state index contributed by atoms with van der Waals surface area (Å²) in [6.45, 7) is 0.0146. The fourth-order valence-electron chi connectivity index (χ4n) is 1.72. The first-order valence-corrected chi connectivity index (χ1v) is 9.10. The highest BCUT2D eigenvalue weighted by molar-refractivity contribution is 9.10. The summed E-state index contributed by atoms with van der Waals surface area (Å²) in [5.41, 5.74) is 6.00. The molecule has 8 heteroatoms. The SMILES string of the molecule is O=C(CCNS(=O)(=O)c1ccc(Br)cc1)NNc1ccccc1. The molecule has 0 aliphatic heterocycles. The number of hydrazine groups is 1. The predicted molar refractivity (Wildman–Crippen MR) is 92.2 cm³/mol. The second-order valence-corrected chi connectivity index (χ2v) is 7.32. The summed E-state index contributed by atoms with van der Waals surface area (Å²) >= 11 is 3.25. The Morgan fingerprint density at radius 3 is 2.30 bits per heavy atom. The third-order valence-corrected chi connectivity index (χ3v) is 4.89. The van der Waals surface area contributed by atoms with Gasteiger partial charge in [0.2, 0.25) is 15.9 Å². The minimum Gasteiger partial charge on any atom is -0.299 e. The summed E-state index contributed by atoms with van der Waals surface area (Å²) in [5.74, 6) is -0.313. The van der Waals surface area contributed by atoms with Crippen LogP contribution in [0.4, 0.5) is 5.69 Å². The van der Waals surface area contributed by atoms with Crippen molar-refractivity contribution in [2.75, 3.05) is 12.0 Å². The molecule has 2 aromatic rings. The zero-order chi connectivity index (χ0) is 16.7. The van der Waals surface area contributed by atoms with Crippen LogP contribution >= 0.6 is 15.9 Å². The lowest BCUT2D eigenvalue weighted by Crippen LogP contribution is -2.33. The average molecular weight is 398 g/mol. The highest BCUT2D eigenvalue weighted by Gasteiger charge is 2.13. The molecule has 23 heavy (non-hydrogen) atoms. The average Bonchev–Trinajstić information content (AvgIpc) is 2.54. The molecule has 0 spiro atoms. The van der Waals surface area contributed by atoms with Crippen LogP contribution in [-0.2, 0) is 14.8 Å². The Bertz CT molecular complexity index is 749. The summed E-state index contributed by atoms with van der Waals surface area (Å²) in [5, 5.41) is 0. The smallest absolute Gasteiger partial charge is 0.240 e. The van der Waals surface area contributed by atoms with Gasteiger partial charge in [0.25, 0.3) is 0 Å². The van der Waals surface area contributed by atoms with E-state index in [1.165, 1.54) is 12.1 Å². The Balaban J connectivity index is 1.77. The molecule has 122 valence electrons. The van der Waals surface area contributed by atoms with E-state index < -0.39 is 10.0 Å². The van der Waals surface area contributed by atoms with Crippen molar-refractivity contribution < 1.29 is 13.2 Å².